The van der Waals surface area contributed by atoms with Gasteiger partial charge >= 0.3 is 0 Å². The van der Waals surface area contributed by atoms with Gasteiger partial charge in [0.1, 0.15) is 0 Å². The number of nitrogens with one attached hydrogen (secondary N) is 1. The third-order valence-electron chi connectivity index (χ3n) is 7.29. The molecule has 1 aliphatic carbocycles. The number of fused-ring (bicyclic) bond motifs is 1. The van der Waals surface area contributed by atoms with E-state index in [1.54, 1.807) is 0 Å². The van der Waals surface area contributed by atoms with Gasteiger partial charge in [-0.25, -0.2) is 0 Å². The molecule has 1 amide bonds. The second-order valence-electron chi connectivity index (χ2n) is 9.87. The Labute approximate surface area is 211 Å². The number of amides is 1. The molecular weight excluding hydrogens is 440 g/mol. The zero-order valence-corrected chi connectivity index (χ0v) is 20.0. The minimum absolute atomic E-state index is 0.113. The van der Waals surface area contributed by atoms with Crippen LogP contribution < -0.4 is 11.1 Å². The van der Waals surface area contributed by atoms with Crippen LogP contribution in [0.2, 0.25) is 0 Å². The molecule has 2 atom stereocenters. The van der Waals surface area contributed by atoms with Crippen LogP contribution in [0.4, 0.5) is 5.69 Å². The molecule has 5 aromatic rings. The standard InChI is InChI=1S/C33H28N2O/c34-33(21-23-10-11-25-8-4-5-9-29(25)20-23)22-31(33)27-16-18-30(19-17-27)35-32(36)28-14-12-26(13-15-28)24-6-2-1-3-7-24/h1-20,31H,21-22,34H2,(H,35,36)/t31-,33+/m0/s1. The lowest BCUT2D eigenvalue weighted by atomic mass is 9.97. The molecule has 1 aliphatic rings. The van der Waals surface area contributed by atoms with Crippen LogP contribution in [0.3, 0.4) is 0 Å². The van der Waals surface area contributed by atoms with E-state index in [-0.39, 0.29) is 11.4 Å². The normalized spacial score (nSPS) is 18.6. The van der Waals surface area contributed by atoms with Crippen LogP contribution in [-0.2, 0) is 6.42 Å². The van der Waals surface area contributed by atoms with E-state index in [1.807, 2.05) is 54.6 Å². The van der Waals surface area contributed by atoms with Crippen molar-refractivity contribution in [1.82, 2.24) is 0 Å². The van der Waals surface area contributed by atoms with Crippen molar-refractivity contribution in [2.45, 2.75) is 24.3 Å². The zero-order chi connectivity index (χ0) is 24.5. The van der Waals surface area contributed by atoms with Crippen molar-refractivity contribution >= 4 is 22.4 Å². The predicted octanol–water partition coefficient (Wildman–Crippen LogP) is 7.19. The Morgan fingerprint density at radius 2 is 1.42 bits per heavy atom. The maximum Gasteiger partial charge on any atom is 0.255 e. The first-order valence-electron chi connectivity index (χ1n) is 12.4. The number of carbonyl (C=O) groups excluding carboxylic acids is 1. The van der Waals surface area contributed by atoms with Gasteiger partial charge in [0.05, 0.1) is 0 Å². The van der Waals surface area contributed by atoms with Crippen LogP contribution in [0.1, 0.15) is 33.8 Å². The number of carbonyl (C=O) groups is 1. The maximum atomic E-state index is 12.8. The van der Waals surface area contributed by atoms with E-state index >= 15 is 0 Å². The molecule has 176 valence electrons. The summed E-state index contributed by atoms with van der Waals surface area (Å²) in [6.07, 6.45) is 1.83. The van der Waals surface area contributed by atoms with E-state index in [4.69, 9.17) is 5.73 Å². The van der Waals surface area contributed by atoms with Gasteiger partial charge in [-0.15, -0.1) is 0 Å². The largest absolute Gasteiger partial charge is 0.324 e. The van der Waals surface area contributed by atoms with Crippen molar-refractivity contribution in [3.8, 4) is 11.1 Å². The monoisotopic (exact) mass is 468 g/mol. The second-order valence-corrected chi connectivity index (χ2v) is 9.87. The summed E-state index contributed by atoms with van der Waals surface area (Å²) in [6.45, 7) is 0. The third kappa shape index (κ3) is 4.53. The molecule has 3 nitrogen and oxygen atoms in total. The Morgan fingerprint density at radius 1 is 0.750 bits per heavy atom. The summed E-state index contributed by atoms with van der Waals surface area (Å²) in [7, 11) is 0. The van der Waals surface area contributed by atoms with Gasteiger partial charge in [0, 0.05) is 22.7 Å². The number of hydrogen-bond acceptors (Lipinski definition) is 2. The van der Waals surface area contributed by atoms with Crippen LogP contribution in [0, 0.1) is 0 Å². The number of hydrogen-bond donors (Lipinski definition) is 2. The first kappa shape index (κ1) is 22.3. The van der Waals surface area contributed by atoms with Crippen LogP contribution in [0.15, 0.2) is 121 Å². The maximum absolute atomic E-state index is 12.8. The molecule has 0 radical (unpaired) electrons. The Bertz CT molecular complexity index is 1520. The molecule has 6 rings (SSSR count). The molecule has 1 saturated carbocycles. The fraction of sp³-hybridized carbons (Fsp3) is 0.121. The average Bonchev–Trinajstić information content (AvgIpc) is 3.59. The molecule has 0 heterocycles. The highest BCUT2D eigenvalue weighted by Gasteiger charge is 2.51. The quantitative estimate of drug-likeness (QED) is 0.277. The van der Waals surface area contributed by atoms with Gasteiger partial charge in [-0.3, -0.25) is 4.79 Å². The van der Waals surface area contributed by atoms with Crippen molar-refractivity contribution in [2.24, 2.45) is 5.73 Å². The van der Waals surface area contributed by atoms with Crippen LogP contribution in [0.5, 0.6) is 0 Å². The molecule has 0 saturated heterocycles. The second kappa shape index (κ2) is 9.10. The molecule has 0 aromatic heterocycles. The topological polar surface area (TPSA) is 55.1 Å². The molecule has 0 spiro atoms. The van der Waals surface area contributed by atoms with Crippen LogP contribution in [0.25, 0.3) is 21.9 Å². The molecule has 3 heteroatoms. The number of benzene rings is 5. The van der Waals surface area contributed by atoms with E-state index in [0.29, 0.717) is 11.5 Å². The number of anilines is 1. The van der Waals surface area contributed by atoms with Crippen molar-refractivity contribution in [2.75, 3.05) is 5.32 Å². The van der Waals surface area contributed by atoms with Crippen LogP contribution in [-0.4, -0.2) is 11.4 Å². The van der Waals surface area contributed by atoms with Gasteiger partial charge in [0.15, 0.2) is 0 Å². The Balaban J connectivity index is 1.09. The van der Waals surface area contributed by atoms with E-state index in [9.17, 15) is 4.79 Å². The fourth-order valence-electron chi connectivity index (χ4n) is 5.14. The lowest BCUT2D eigenvalue weighted by Gasteiger charge is -2.13. The van der Waals surface area contributed by atoms with Crippen molar-refractivity contribution in [3.63, 3.8) is 0 Å². The molecule has 0 unspecified atom stereocenters. The summed E-state index contributed by atoms with van der Waals surface area (Å²) in [5, 5.41) is 5.52. The highest BCUT2D eigenvalue weighted by Crippen LogP contribution is 2.51. The molecule has 5 aromatic carbocycles. The summed E-state index contributed by atoms with van der Waals surface area (Å²) in [4.78, 5) is 12.8. The SMILES string of the molecule is N[C@]1(Cc2ccc3ccccc3c2)C[C@H]1c1ccc(NC(=O)c2ccc(-c3ccccc3)cc2)cc1. The summed E-state index contributed by atoms with van der Waals surface area (Å²) in [5.74, 6) is 0.220. The van der Waals surface area contributed by atoms with Gasteiger partial charge in [-0.1, -0.05) is 97.1 Å². The highest BCUT2D eigenvalue weighted by atomic mass is 16.1. The molecule has 0 bridgehead atoms. The average molecular weight is 469 g/mol. The fourth-order valence-corrected chi connectivity index (χ4v) is 5.14. The van der Waals surface area contributed by atoms with E-state index in [0.717, 1.165) is 29.7 Å². The third-order valence-corrected chi connectivity index (χ3v) is 7.29. The smallest absolute Gasteiger partial charge is 0.255 e. The lowest BCUT2D eigenvalue weighted by Crippen LogP contribution is -2.27. The number of rotatable bonds is 6. The van der Waals surface area contributed by atoms with Crippen molar-refractivity contribution in [1.29, 1.82) is 0 Å². The first-order valence-corrected chi connectivity index (χ1v) is 12.4. The van der Waals surface area contributed by atoms with Crippen LogP contribution >= 0.6 is 0 Å². The van der Waals surface area contributed by atoms with E-state index in [1.165, 1.54) is 21.9 Å². The first-order chi connectivity index (χ1) is 17.6. The lowest BCUT2D eigenvalue weighted by molar-refractivity contribution is 0.102. The Hall–Kier alpha value is -4.21. The van der Waals surface area contributed by atoms with Gasteiger partial charge in [0.2, 0.25) is 0 Å². The summed E-state index contributed by atoms with van der Waals surface area (Å²) in [5.41, 5.74) is 12.7. The summed E-state index contributed by atoms with van der Waals surface area (Å²) >= 11 is 0. The summed E-state index contributed by atoms with van der Waals surface area (Å²) < 4.78 is 0. The zero-order valence-electron chi connectivity index (χ0n) is 20.0. The van der Waals surface area contributed by atoms with Crippen molar-refractivity contribution < 1.29 is 4.79 Å². The molecular formula is C33H28N2O. The molecule has 36 heavy (non-hydrogen) atoms. The van der Waals surface area contributed by atoms with E-state index in [2.05, 4.69) is 72.0 Å². The minimum Gasteiger partial charge on any atom is -0.324 e. The van der Waals surface area contributed by atoms with Crippen molar-refractivity contribution in [3.05, 3.63) is 138 Å². The van der Waals surface area contributed by atoms with Gasteiger partial charge < -0.3 is 11.1 Å². The highest BCUT2D eigenvalue weighted by molar-refractivity contribution is 6.04. The van der Waals surface area contributed by atoms with Gasteiger partial charge in [-0.2, -0.15) is 0 Å². The molecule has 1 fully saturated rings. The molecule has 3 N–H and O–H groups in total. The number of nitrogens with two attached hydrogens (primary N) is 1. The molecule has 0 aliphatic heterocycles. The van der Waals surface area contributed by atoms with Gasteiger partial charge in [-0.05, 0) is 70.1 Å². The van der Waals surface area contributed by atoms with Gasteiger partial charge in [0.25, 0.3) is 5.91 Å². The summed E-state index contributed by atoms with van der Waals surface area (Å²) in [6, 6.07) is 41.0. The Morgan fingerprint density at radius 3 is 2.17 bits per heavy atom. The Kier molecular flexibility index (Phi) is 5.63. The minimum atomic E-state index is -0.215. The van der Waals surface area contributed by atoms with E-state index < -0.39 is 0 Å². The predicted molar refractivity (Wildman–Crippen MR) is 148 cm³/mol.